The molecule has 36 heavy (non-hydrogen) atoms. The molecule has 1 atom stereocenters. The first kappa shape index (κ1) is 25.1. The number of hydrogen-bond acceptors (Lipinski definition) is 6. The molecule has 1 unspecified atom stereocenters. The summed E-state index contributed by atoms with van der Waals surface area (Å²) in [5.74, 6) is 0.990. The zero-order valence-electron chi connectivity index (χ0n) is 20.4. The number of aromatic nitrogens is 2. The van der Waals surface area contributed by atoms with Gasteiger partial charge in [-0.25, -0.2) is 14.4 Å². The lowest BCUT2D eigenvalue weighted by atomic mass is 9.84. The summed E-state index contributed by atoms with van der Waals surface area (Å²) in [4.78, 5) is 25.7. The number of nitrogens with one attached hydrogen (secondary N) is 2. The van der Waals surface area contributed by atoms with Crippen LogP contribution < -0.4 is 10.6 Å². The number of carbonyl (C=O) groups excluding carboxylic acids is 1. The van der Waals surface area contributed by atoms with Gasteiger partial charge >= 0.3 is 0 Å². The molecule has 0 bridgehead atoms. The largest absolute Gasteiger partial charge is 0.340 e. The molecular formula is C27H31ClFN5OS. The van der Waals surface area contributed by atoms with Crippen LogP contribution in [0.25, 0.3) is 10.2 Å². The highest BCUT2D eigenvalue weighted by molar-refractivity contribution is 7.19. The maximum Gasteiger partial charge on any atom is 0.246 e. The Morgan fingerprint density at radius 1 is 1.31 bits per heavy atom. The Morgan fingerprint density at radius 3 is 2.94 bits per heavy atom. The number of carbonyl (C=O) groups is 1. The van der Waals surface area contributed by atoms with E-state index in [0.717, 1.165) is 27.4 Å². The predicted octanol–water partition coefficient (Wildman–Crippen LogP) is 6.23. The van der Waals surface area contributed by atoms with Crippen molar-refractivity contribution in [2.24, 2.45) is 5.92 Å². The van der Waals surface area contributed by atoms with Crippen molar-refractivity contribution >= 4 is 50.6 Å². The molecule has 1 fully saturated rings. The van der Waals surface area contributed by atoms with Crippen molar-refractivity contribution in [3.8, 4) is 0 Å². The molecule has 1 aliphatic carbocycles. The molecular weight excluding hydrogens is 497 g/mol. The summed E-state index contributed by atoms with van der Waals surface area (Å²) in [5, 5.41) is 7.84. The van der Waals surface area contributed by atoms with Crippen molar-refractivity contribution in [2.45, 2.75) is 58.0 Å². The van der Waals surface area contributed by atoms with Gasteiger partial charge in [-0.05, 0) is 55.9 Å². The molecule has 1 aromatic carbocycles. The zero-order chi connectivity index (χ0) is 25.1. The van der Waals surface area contributed by atoms with Crippen LogP contribution in [0.4, 0.5) is 15.9 Å². The minimum absolute atomic E-state index is 0.0376. The molecule has 0 spiro atoms. The minimum Gasteiger partial charge on any atom is -0.340 e. The van der Waals surface area contributed by atoms with Crippen molar-refractivity contribution in [2.75, 3.05) is 18.4 Å². The second-order valence-electron chi connectivity index (χ2n) is 9.67. The topological polar surface area (TPSA) is 70.2 Å². The molecule has 1 amide bonds. The monoisotopic (exact) mass is 527 g/mol. The summed E-state index contributed by atoms with van der Waals surface area (Å²) in [6.45, 7) is 4.18. The summed E-state index contributed by atoms with van der Waals surface area (Å²) in [6, 6.07) is 4.98. The normalized spacial score (nSPS) is 17.5. The van der Waals surface area contributed by atoms with E-state index in [1.54, 1.807) is 29.5 Å². The second kappa shape index (κ2) is 11.2. The third-order valence-electron chi connectivity index (χ3n) is 7.31. The number of rotatable bonds is 7. The second-order valence-corrected chi connectivity index (χ2v) is 11.2. The van der Waals surface area contributed by atoms with Gasteiger partial charge < -0.3 is 15.5 Å². The van der Waals surface area contributed by atoms with Crippen LogP contribution in [0.1, 0.15) is 49.5 Å². The smallest absolute Gasteiger partial charge is 0.246 e. The SMILES string of the molecule is CC(NC/C=C/C(=O)N1CCc2c(sc3ncnc(Nc4ccc(F)c(Cl)c4)c23)C1)C1CCCCC1. The molecule has 2 aromatic heterocycles. The molecule has 3 heterocycles. The summed E-state index contributed by atoms with van der Waals surface area (Å²) in [5.41, 5.74) is 1.83. The van der Waals surface area contributed by atoms with Crippen molar-refractivity contribution in [1.82, 2.24) is 20.2 Å². The van der Waals surface area contributed by atoms with Crippen LogP contribution in [-0.4, -0.2) is 39.9 Å². The first-order valence-electron chi connectivity index (χ1n) is 12.7. The number of amides is 1. The number of halogens is 2. The average Bonchev–Trinajstić information content (AvgIpc) is 3.28. The molecule has 6 nitrogen and oxygen atoms in total. The maximum absolute atomic E-state index is 13.6. The number of benzene rings is 1. The first-order valence-corrected chi connectivity index (χ1v) is 13.8. The van der Waals surface area contributed by atoms with Gasteiger partial charge in [0.1, 0.15) is 22.8 Å². The standard InChI is InChI=1S/C27H31ClFN5OS/c1-17(18-6-3-2-4-7-18)30-12-5-8-24(35)34-13-11-20-23(15-34)36-27-25(20)26(31-16-32-27)33-19-9-10-22(29)21(28)14-19/h5,8-10,14,16-18,30H,2-4,6-7,11-13,15H2,1H3,(H,31,32,33)/b8-5+. The Kier molecular flexibility index (Phi) is 7.84. The molecule has 5 rings (SSSR count). The van der Waals surface area contributed by atoms with Crippen LogP contribution in [0.2, 0.25) is 5.02 Å². The fourth-order valence-electron chi connectivity index (χ4n) is 5.24. The van der Waals surface area contributed by atoms with Gasteiger partial charge in [-0.2, -0.15) is 0 Å². The quantitative estimate of drug-likeness (QED) is 0.357. The number of anilines is 2. The number of nitrogens with zero attached hydrogens (tertiary/aromatic N) is 3. The van der Waals surface area contributed by atoms with Crippen LogP contribution >= 0.6 is 22.9 Å². The van der Waals surface area contributed by atoms with Crippen molar-refractivity contribution in [3.05, 3.63) is 58.0 Å². The minimum atomic E-state index is -0.462. The molecule has 3 aromatic rings. The van der Waals surface area contributed by atoms with E-state index in [1.165, 1.54) is 50.1 Å². The fourth-order valence-corrected chi connectivity index (χ4v) is 6.62. The highest BCUT2D eigenvalue weighted by Gasteiger charge is 2.26. The van der Waals surface area contributed by atoms with Gasteiger partial charge in [0, 0.05) is 35.8 Å². The van der Waals surface area contributed by atoms with Crippen molar-refractivity contribution in [3.63, 3.8) is 0 Å². The number of fused-ring (bicyclic) bond motifs is 3. The van der Waals surface area contributed by atoms with Crippen molar-refractivity contribution < 1.29 is 9.18 Å². The maximum atomic E-state index is 13.6. The molecule has 0 radical (unpaired) electrons. The Bertz CT molecular complexity index is 1270. The van der Waals surface area contributed by atoms with Gasteiger partial charge in [0.05, 0.1) is 17.0 Å². The summed E-state index contributed by atoms with van der Waals surface area (Å²) >= 11 is 7.53. The van der Waals surface area contributed by atoms with Gasteiger partial charge in [-0.1, -0.05) is 36.9 Å². The Morgan fingerprint density at radius 2 is 2.14 bits per heavy atom. The Labute approximate surface area is 220 Å². The molecule has 0 saturated heterocycles. The van der Waals surface area contributed by atoms with E-state index in [-0.39, 0.29) is 10.9 Å². The van der Waals surface area contributed by atoms with Crippen molar-refractivity contribution in [1.29, 1.82) is 0 Å². The molecule has 1 aliphatic heterocycles. The van der Waals surface area contributed by atoms with Gasteiger partial charge in [0.25, 0.3) is 0 Å². The highest BCUT2D eigenvalue weighted by Crippen LogP contribution is 2.38. The molecule has 190 valence electrons. The third-order valence-corrected chi connectivity index (χ3v) is 8.72. The Balaban J connectivity index is 1.23. The van der Waals surface area contributed by atoms with Gasteiger partial charge in [-0.15, -0.1) is 11.3 Å². The van der Waals surface area contributed by atoms with Gasteiger partial charge in [0.2, 0.25) is 5.91 Å². The lowest BCUT2D eigenvalue weighted by molar-refractivity contribution is -0.126. The van der Waals surface area contributed by atoms with Gasteiger partial charge in [-0.3, -0.25) is 4.79 Å². The van der Waals surface area contributed by atoms with E-state index in [9.17, 15) is 9.18 Å². The predicted molar refractivity (Wildman–Crippen MR) is 144 cm³/mol. The Hall–Kier alpha value is -2.55. The molecule has 2 aliphatic rings. The fraction of sp³-hybridized carbons (Fsp3) is 0.444. The molecule has 9 heteroatoms. The summed E-state index contributed by atoms with van der Waals surface area (Å²) in [7, 11) is 0. The first-order chi connectivity index (χ1) is 17.5. The van der Waals surface area contributed by atoms with E-state index in [4.69, 9.17) is 11.6 Å². The van der Waals surface area contributed by atoms with E-state index in [0.29, 0.717) is 37.2 Å². The molecule has 1 saturated carbocycles. The van der Waals surface area contributed by atoms with Gasteiger partial charge in [0.15, 0.2) is 0 Å². The molecule has 2 N–H and O–H groups in total. The van der Waals surface area contributed by atoms with E-state index in [2.05, 4.69) is 27.5 Å². The van der Waals surface area contributed by atoms with Crippen LogP contribution in [0, 0.1) is 11.7 Å². The average molecular weight is 528 g/mol. The number of hydrogen-bond donors (Lipinski definition) is 2. The van der Waals surface area contributed by atoms with E-state index < -0.39 is 5.82 Å². The lowest BCUT2D eigenvalue weighted by Crippen LogP contribution is -2.35. The lowest BCUT2D eigenvalue weighted by Gasteiger charge is -2.28. The van der Waals surface area contributed by atoms with Crippen LogP contribution in [0.5, 0.6) is 0 Å². The summed E-state index contributed by atoms with van der Waals surface area (Å²) in [6.07, 6.45) is 12.5. The third kappa shape index (κ3) is 5.56. The van der Waals surface area contributed by atoms with Crippen LogP contribution in [0.3, 0.4) is 0 Å². The van der Waals surface area contributed by atoms with Crippen LogP contribution in [0.15, 0.2) is 36.7 Å². The number of thiophene rings is 1. The highest BCUT2D eigenvalue weighted by atomic mass is 35.5. The van der Waals surface area contributed by atoms with E-state index >= 15 is 0 Å². The van der Waals surface area contributed by atoms with E-state index in [1.807, 2.05) is 11.0 Å². The van der Waals surface area contributed by atoms with Crippen LogP contribution in [-0.2, 0) is 17.8 Å². The zero-order valence-corrected chi connectivity index (χ0v) is 22.0. The summed E-state index contributed by atoms with van der Waals surface area (Å²) < 4.78 is 13.6.